The van der Waals surface area contributed by atoms with E-state index in [0.717, 1.165) is 29.9 Å². The third-order valence-electron chi connectivity index (χ3n) is 4.71. The van der Waals surface area contributed by atoms with E-state index in [1.54, 1.807) is 0 Å². The summed E-state index contributed by atoms with van der Waals surface area (Å²) in [6.07, 6.45) is 1.66. The second kappa shape index (κ2) is 6.31. The van der Waals surface area contributed by atoms with Crippen molar-refractivity contribution in [3.05, 3.63) is 48.0 Å². The molecule has 0 saturated heterocycles. The van der Waals surface area contributed by atoms with Crippen molar-refractivity contribution in [2.75, 3.05) is 25.1 Å². The minimum atomic E-state index is -0.491. The van der Waals surface area contributed by atoms with Gasteiger partial charge in [0.05, 0.1) is 17.7 Å². The van der Waals surface area contributed by atoms with Crippen LogP contribution in [0.5, 0.6) is 17.2 Å². The van der Waals surface area contributed by atoms with Crippen LogP contribution in [0.3, 0.4) is 0 Å². The van der Waals surface area contributed by atoms with Gasteiger partial charge in [-0.25, -0.2) is 0 Å². The molecule has 0 radical (unpaired) electrons. The van der Waals surface area contributed by atoms with Crippen LogP contribution in [0, 0.1) is 0 Å². The van der Waals surface area contributed by atoms with E-state index in [-0.39, 0.29) is 5.91 Å². The number of anilines is 1. The number of ether oxygens (including phenoxy) is 3. The lowest BCUT2D eigenvalue weighted by atomic mass is 9.94. The fourth-order valence-corrected chi connectivity index (χ4v) is 3.21. The molecule has 130 valence electrons. The number of para-hydroxylation sites is 2. The van der Waals surface area contributed by atoms with Crippen molar-refractivity contribution in [2.24, 2.45) is 0 Å². The van der Waals surface area contributed by atoms with Crippen LogP contribution in [0.4, 0.5) is 5.69 Å². The summed E-state index contributed by atoms with van der Waals surface area (Å²) in [7, 11) is 0. The molecule has 1 saturated carbocycles. The summed E-state index contributed by atoms with van der Waals surface area (Å²) >= 11 is 0. The predicted molar refractivity (Wildman–Crippen MR) is 94.6 cm³/mol. The van der Waals surface area contributed by atoms with E-state index in [1.807, 2.05) is 49.4 Å². The molecule has 1 heterocycles. The van der Waals surface area contributed by atoms with Gasteiger partial charge in [0.2, 0.25) is 5.91 Å². The van der Waals surface area contributed by atoms with Crippen LogP contribution in [0.2, 0.25) is 0 Å². The number of amides is 1. The van der Waals surface area contributed by atoms with Crippen molar-refractivity contribution in [2.45, 2.75) is 25.2 Å². The Bertz CT molecular complexity index is 798. The Labute approximate surface area is 146 Å². The predicted octanol–water partition coefficient (Wildman–Crippen LogP) is 3.53. The van der Waals surface area contributed by atoms with Crippen LogP contribution in [-0.2, 0) is 10.2 Å². The zero-order valence-corrected chi connectivity index (χ0v) is 14.2. The summed E-state index contributed by atoms with van der Waals surface area (Å²) in [6.45, 7) is 3.58. The van der Waals surface area contributed by atoms with Crippen molar-refractivity contribution in [3.8, 4) is 17.2 Å². The Morgan fingerprint density at radius 2 is 1.88 bits per heavy atom. The van der Waals surface area contributed by atoms with Gasteiger partial charge in [0.15, 0.2) is 11.5 Å². The van der Waals surface area contributed by atoms with Crippen LogP contribution in [0.15, 0.2) is 42.5 Å². The van der Waals surface area contributed by atoms with Crippen molar-refractivity contribution < 1.29 is 19.0 Å². The van der Waals surface area contributed by atoms with E-state index >= 15 is 0 Å². The van der Waals surface area contributed by atoms with Gasteiger partial charge in [0, 0.05) is 0 Å². The fourth-order valence-electron chi connectivity index (χ4n) is 3.21. The number of carbonyl (C=O) groups excluding carboxylic acids is 1. The number of hydrogen-bond donors (Lipinski definition) is 1. The Kier molecular flexibility index (Phi) is 3.99. The summed E-state index contributed by atoms with van der Waals surface area (Å²) in [5.41, 5.74) is 1.19. The Balaban J connectivity index is 1.58. The Morgan fingerprint density at radius 3 is 2.64 bits per heavy atom. The molecular weight excluding hydrogens is 318 g/mol. The first-order valence-electron chi connectivity index (χ1n) is 8.66. The summed E-state index contributed by atoms with van der Waals surface area (Å²) in [6, 6.07) is 13.3. The first kappa shape index (κ1) is 15.8. The molecule has 2 aliphatic rings. The molecule has 1 aliphatic heterocycles. The number of fused-ring (bicyclic) bond motifs is 1. The van der Waals surface area contributed by atoms with E-state index in [1.165, 1.54) is 0 Å². The molecule has 2 aromatic carbocycles. The highest BCUT2D eigenvalue weighted by Gasteiger charge is 2.51. The maximum atomic E-state index is 13.0. The van der Waals surface area contributed by atoms with Crippen LogP contribution >= 0.6 is 0 Å². The molecule has 0 spiro atoms. The molecule has 2 aromatic rings. The first-order chi connectivity index (χ1) is 12.2. The summed E-state index contributed by atoms with van der Waals surface area (Å²) in [5, 5.41) is 3.04. The molecule has 1 fully saturated rings. The van der Waals surface area contributed by atoms with Gasteiger partial charge in [0.1, 0.15) is 19.0 Å². The van der Waals surface area contributed by atoms with Gasteiger partial charge < -0.3 is 19.5 Å². The quantitative estimate of drug-likeness (QED) is 0.905. The minimum Gasteiger partial charge on any atom is -0.492 e. The van der Waals surface area contributed by atoms with E-state index in [9.17, 15) is 4.79 Å². The van der Waals surface area contributed by atoms with E-state index in [0.29, 0.717) is 31.3 Å². The highest BCUT2D eigenvalue weighted by molar-refractivity contribution is 6.02. The standard InChI is InChI=1S/C20H21NO4/c1-2-23-16-6-4-3-5-15(16)21-19(22)20(9-10-20)14-7-8-17-18(13-14)25-12-11-24-17/h3-8,13H,2,9-12H2,1H3,(H,21,22). The van der Waals surface area contributed by atoms with Crippen molar-refractivity contribution in [3.63, 3.8) is 0 Å². The SMILES string of the molecule is CCOc1ccccc1NC(=O)C1(c2ccc3c(c2)OCCO3)CC1. The molecule has 1 amide bonds. The highest BCUT2D eigenvalue weighted by Crippen LogP contribution is 2.51. The lowest BCUT2D eigenvalue weighted by Gasteiger charge is -2.22. The third kappa shape index (κ3) is 2.90. The Morgan fingerprint density at radius 1 is 1.12 bits per heavy atom. The smallest absolute Gasteiger partial charge is 0.235 e. The van der Waals surface area contributed by atoms with Crippen LogP contribution < -0.4 is 19.5 Å². The topological polar surface area (TPSA) is 56.8 Å². The van der Waals surface area contributed by atoms with Gasteiger partial charge in [0.25, 0.3) is 0 Å². The van der Waals surface area contributed by atoms with Gasteiger partial charge in [-0.05, 0) is 49.6 Å². The van der Waals surface area contributed by atoms with E-state index in [2.05, 4.69) is 5.32 Å². The number of hydrogen-bond acceptors (Lipinski definition) is 4. The molecule has 0 unspecified atom stereocenters. The van der Waals surface area contributed by atoms with Gasteiger partial charge in [-0.1, -0.05) is 18.2 Å². The van der Waals surface area contributed by atoms with E-state index < -0.39 is 5.41 Å². The Hall–Kier alpha value is -2.69. The molecular formula is C20H21NO4. The van der Waals surface area contributed by atoms with Crippen molar-refractivity contribution in [1.29, 1.82) is 0 Å². The third-order valence-corrected chi connectivity index (χ3v) is 4.71. The summed E-state index contributed by atoms with van der Waals surface area (Å²) in [5.74, 6) is 2.15. The average Bonchev–Trinajstić information content (AvgIpc) is 3.45. The maximum Gasteiger partial charge on any atom is 0.235 e. The van der Waals surface area contributed by atoms with Gasteiger partial charge in [-0.3, -0.25) is 4.79 Å². The molecule has 1 aliphatic carbocycles. The molecule has 0 bridgehead atoms. The van der Waals surface area contributed by atoms with Gasteiger partial charge >= 0.3 is 0 Å². The summed E-state index contributed by atoms with van der Waals surface area (Å²) < 4.78 is 16.8. The number of nitrogens with one attached hydrogen (secondary N) is 1. The molecule has 1 N–H and O–H groups in total. The maximum absolute atomic E-state index is 13.0. The lowest BCUT2D eigenvalue weighted by molar-refractivity contribution is -0.118. The number of carbonyl (C=O) groups is 1. The monoisotopic (exact) mass is 339 g/mol. The lowest BCUT2D eigenvalue weighted by Crippen LogP contribution is -2.28. The molecule has 5 nitrogen and oxygen atoms in total. The molecule has 0 atom stereocenters. The average molecular weight is 339 g/mol. The van der Waals surface area contributed by atoms with E-state index in [4.69, 9.17) is 14.2 Å². The molecule has 25 heavy (non-hydrogen) atoms. The zero-order valence-electron chi connectivity index (χ0n) is 14.2. The molecule has 0 aromatic heterocycles. The largest absolute Gasteiger partial charge is 0.492 e. The second-order valence-corrected chi connectivity index (χ2v) is 6.32. The second-order valence-electron chi connectivity index (χ2n) is 6.32. The molecule has 5 heteroatoms. The van der Waals surface area contributed by atoms with Crippen LogP contribution in [0.1, 0.15) is 25.3 Å². The van der Waals surface area contributed by atoms with Gasteiger partial charge in [-0.15, -0.1) is 0 Å². The highest BCUT2D eigenvalue weighted by atomic mass is 16.6. The van der Waals surface area contributed by atoms with Crippen LogP contribution in [-0.4, -0.2) is 25.7 Å². The minimum absolute atomic E-state index is 0.00340. The van der Waals surface area contributed by atoms with Crippen LogP contribution in [0.25, 0.3) is 0 Å². The van der Waals surface area contributed by atoms with Crippen molar-refractivity contribution in [1.82, 2.24) is 0 Å². The number of benzene rings is 2. The summed E-state index contributed by atoms with van der Waals surface area (Å²) in [4.78, 5) is 13.0. The van der Waals surface area contributed by atoms with Crippen molar-refractivity contribution >= 4 is 11.6 Å². The first-order valence-corrected chi connectivity index (χ1v) is 8.66. The molecule has 4 rings (SSSR count). The zero-order chi connectivity index (χ0) is 17.3. The normalized spacial score (nSPS) is 16.8. The number of rotatable bonds is 5. The fraction of sp³-hybridized carbons (Fsp3) is 0.350. The van der Waals surface area contributed by atoms with Gasteiger partial charge in [-0.2, -0.15) is 0 Å².